The SMILES string of the molecule is NS(=O)(=O)c1ccc(N2CCC(n3cccn3)CC2)c([N+](=O)[O-])c1. The molecule has 10 heteroatoms. The Morgan fingerprint density at radius 2 is 2.00 bits per heavy atom. The molecule has 0 spiro atoms. The number of hydrogen-bond acceptors (Lipinski definition) is 6. The number of nitrogens with zero attached hydrogens (tertiary/aromatic N) is 4. The van der Waals surface area contributed by atoms with Crippen molar-refractivity contribution in [3.8, 4) is 0 Å². The van der Waals surface area contributed by atoms with Gasteiger partial charge in [-0.2, -0.15) is 5.10 Å². The molecule has 24 heavy (non-hydrogen) atoms. The average molecular weight is 351 g/mol. The van der Waals surface area contributed by atoms with E-state index in [9.17, 15) is 18.5 Å². The lowest BCUT2D eigenvalue weighted by Crippen LogP contribution is -2.35. The Morgan fingerprint density at radius 3 is 2.54 bits per heavy atom. The second kappa shape index (κ2) is 6.21. The molecule has 1 aliphatic heterocycles. The van der Waals surface area contributed by atoms with Crippen LogP contribution in [-0.2, 0) is 10.0 Å². The van der Waals surface area contributed by atoms with Crippen LogP contribution in [0.1, 0.15) is 18.9 Å². The van der Waals surface area contributed by atoms with E-state index in [4.69, 9.17) is 5.14 Å². The molecule has 0 amide bonds. The van der Waals surface area contributed by atoms with Gasteiger partial charge >= 0.3 is 0 Å². The van der Waals surface area contributed by atoms with E-state index < -0.39 is 14.9 Å². The summed E-state index contributed by atoms with van der Waals surface area (Å²) in [5.74, 6) is 0. The van der Waals surface area contributed by atoms with E-state index in [1.165, 1.54) is 12.1 Å². The molecule has 1 aromatic carbocycles. The van der Waals surface area contributed by atoms with Gasteiger partial charge in [-0.3, -0.25) is 14.8 Å². The quantitative estimate of drug-likeness (QED) is 0.653. The van der Waals surface area contributed by atoms with Gasteiger partial charge in [0.25, 0.3) is 5.69 Å². The van der Waals surface area contributed by atoms with E-state index in [2.05, 4.69) is 5.10 Å². The molecule has 2 aromatic rings. The molecule has 128 valence electrons. The highest BCUT2D eigenvalue weighted by Crippen LogP contribution is 2.34. The van der Waals surface area contributed by atoms with Crippen molar-refractivity contribution in [1.82, 2.24) is 9.78 Å². The molecule has 1 aliphatic rings. The highest BCUT2D eigenvalue weighted by molar-refractivity contribution is 7.89. The van der Waals surface area contributed by atoms with Crippen molar-refractivity contribution in [2.75, 3.05) is 18.0 Å². The lowest BCUT2D eigenvalue weighted by Gasteiger charge is -2.33. The van der Waals surface area contributed by atoms with Gasteiger partial charge in [0.15, 0.2) is 0 Å². The number of sulfonamides is 1. The molecule has 3 rings (SSSR count). The van der Waals surface area contributed by atoms with Crippen molar-refractivity contribution in [2.24, 2.45) is 5.14 Å². The number of benzene rings is 1. The summed E-state index contributed by atoms with van der Waals surface area (Å²) < 4.78 is 24.7. The minimum absolute atomic E-state index is 0.251. The number of piperidine rings is 1. The largest absolute Gasteiger partial charge is 0.366 e. The van der Waals surface area contributed by atoms with Crippen LogP contribution in [0.15, 0.2) is 41.6 Å². The first-order valence-corrected chi connectivity index (χ1v) is 8.96. The summed E-state index contributed by atoms with van der Waals surface area (Å²) in [6.07, 6.45) is 5.23. The van der Waals surface area contributed by atoms with Gasteiger partial charge in [-0.15, -0.1) is 0 Å². The molecule has 0 radical (unpaired) electrons. The summed E-state index contributed by atoms with van der Waals surface area (Å²) >= 11 is 0. The molecule has 2 heterocycles. The fraction of sp³-hybridized carbons (Fsp3) is 0.357. The van der Waals surface area contributed by atoms with Gasteiger partial charge in [0, 0.05) is 31.5 Å². The number of nitro groups is 1. The second-order valence-corrected chi connectivity index (χ2v) is 7.22. The minimum Gasteiger partial charge on any atom is -0.366 e. The van der Waals surface area contributed by atoms with Crippen LogP contribution < -0.4 is 10.0 Å². The summed E-state index contributed by atoms with van der Waals surface area (Å²) in [4.78, 5) is 12.4. The number of nitrogens with two attached hydrogens (primary N) is 1. The van der Waals surface area contributed by atoms with E-state index in [1.54, 1.807) is 6.20 Å². The third-order valence-electron chi connectivity index (χ3n) is 4.18. The molecule has 1 saturated heterocycles. The Morgan fingerprint density at radius 1 is 1.29 bits per heavy atom. The molecule has 1 fully saturated rings. The van der Waals surface area contributed by atoms with Crippen LogP contribution in [0.2, 0.25) is 0 Å². The van der Waals surface area contributed by atoms with Crippen molar-refractivity contribution in [1.29, 1.82) is 0 Å². The zero-order chi connectivity index (χ0) is 17.3. The summed E-state index contributed by atoms with van der Waals surface area (Å²) in [5, 5.41) is 20.6. The Kier molecular flexibility index (Phi) is 4.24. The normalized spacial score (nSPS) is 16.3. The summed E-state index contributed by atoms with van der Waals surface area (Å²) in [6, 6.07) is 5.90. The van der Waals surface area contributed by atoms with E-state index in [1.807, 2.05) is 21.8 Å². The summed E-state index contributed by atoms with van der Waals surface area (Å²) in [7, 11) is -3.98. The Hall–Kier alpha value is -2.46. The number of primary sulfonamides is 1. The maximum atomic E-state index is 11.4. The summed E-state index contributed by atoms with van der Waals surface area (Å²) in [6.45, 7) is 1.25. The first-order valence-electron chi connectivity index (χ1n) is 7.41. The Balaban J connectivity index is 1.84. The Labute approximate surface area is 138 Å². The lowest BCUT2D eigenvalue weighted by molar-refractivity contribution is -0.384. The fourth-order valence-corrected chi connectivity index (χ4v) is 3.50. The van der Waals surface area contributed by atoms with Crippen LogP contribution in [0, 0.1) is 10.1 Å². The molecule has 0 unspecified atom stereocenters. The molecule has 0 bridgehead atoms. The second-order valence-electron chi connectivity index (χ2n) is 5.66. The van der Waals surface area contributed by atoms with E-state index >= 15 is 0 Å². The molecule has 1 aromatic heterocycles. The average Bonchev–Trinajstić information content (AvgIpc) is 3.08. The van der Waals surface area contributed by atoms with Gasteiger partial charge in [0.1, 0.15) is 5.69 Å². The number of aromatic nitrogens is 2. The zero-order valence-electron chi connectivity index (χ0n) is 12.8. The topological polar surface area (TPSA) is 124 Å². The standard InChI is InChI=1S/C14H17N5O4S/c15-24(22,23)12-2-3-13(14(10-12)19(20)21)17-8-4-11(5-9-17)18-7-1-6-16-18/h1-3,6-7,10-11H,4-5,8-9H2,(H2,15,22,23). The van der Waals surface area contributed by atoms with Crippen molar-refractivity contribution in [3.63, 3.8) is 0 Å². The van der Waals surface area contributed by atoms with Gasteiger partial charge in [0.2, 0.25) is 10.0 Å². The molecular weight excluding hydrogens is 334 g/mol. The van der Waals surface area contributed by atoms with Crippen LogP contribution >= 0.6 is 0 Å². The van der Waals surface area contributed by atoms with Crippen molar-refractivity contribution < 1.29 is 13.3 Å². The maximum Gasteiger partial charge on any atom is 0.293 e. The van der Waals surface area contributed by atoms with Gasteiger partial charge in [-0.05, 0) is 31.0 Å². The highest BCUT2D eigenvalue weighted by Gasteiger charge is 2.27. The monoisotopic (exact) mass is 351 g/mol. The predicted octanol–water partition coefficient (Wildman–Crippen LogP) is 1.28. The third kappa shape index (κ3) is 3.24. The Bertz CT molecular complexity index is 842. The molecule has 2 N–H and O–H groups in total. The van der Waals surface area contributed by atoms with Crippen LogP contribution in [0.25, 0.3) is 0 Å². The van der Waals surface area contributed by atoms with E-state index in [-0.39, 0.29) is 16.6 Å². The van der Waals surface area contributed by atoms with Crippen molar-refractivity contribution >= 4 is 21.4 Å². The maximum absolute atomic E-state index is 11.4. The first kappa shape index (κ1) is 16.4. The van der Waals surface area contributed by atoms with Crippen LogP contribution in [0.4, 0.5) is 11.4 Å². The highest BCUT2D eigenvalue weighted by atomic mass is 32.2. The molecule has 0 aliphatic carbocycles. The van der Waals surface area contributed by atoms with E-state index in [0.29, 0.717) is 18.8 Å². The smallest absolute Gasteiger partial charge is 0.293 e. The molecule has 9 nitrogen and oxygen atoms in total. The third-order valence-corrected chi connectivity index (χ3v) is 5.09. The van der Waals surface area contributed by atoms with Gasteiger partial charge < -0.3 is 4.90 Å². The van der Waals surface area contributed by atoms with Gasteiger partial charge in [-0.1, -0.05) is 0 Å². The predicted molar refractivity (Wildman–Crippen MR) is 87.2 cm³/mol. The van der Waals surface area contributed by atoms with Crippen molar-refractivity contribution in [2.45, 2.75) is 23.8 Å². The van der Waals surface area contributed by atoms with E-state index in [0.717, 1.165) is 18.9 Å². The molecular formula is C14H17N5O4S. The van der Waals surface area contributed by atoms with Crippen LogP contribution in [0.5, 0.6) is 0 Å². The minimum atomic E-state index is -3.98. The molecule has 0 atom stereocenters. The molecule has 0 saturated carbocycles. The fourth-order valence-electron chi connectivity index (χ4n) is 2.96. The van der Waals surface area contributed by atoms with Crippen LogP contribution in [0.3, 0.4) is 0 Å². The van der Waals surface area contributed by atoms with Crippen molar-refractivity contribution in [3.05, 3.63) is 46.8 Å². The number of nitro benzene ring substituents is 1. The number of rotatable bonds is 4. The first-order chi connectivity index (χ1) is 11.4. The van der Waals surface area contributed by atoms with Gasteiger partial charge in [0.05, 0.1) is 15.9 Å². The van der Waals surface area contributed by atoms with Gasteiger partial charge in [-0.25, -0.2) is 13.6 Å². The number of hydrogen-bond donors (Lipinski definition) is 1. The lowest BCUT2D eigenvalue weighted by atomic mass is 10.0. The zero-order valence-corrected chi connectivity index (χ0v) is 13.6. The van der Waals surface area contributed by atoms with Crippen LogP contribution in [-0.4, -0.2) is 36.2 Å². The number of anilines is 1. The summed E-state index contributed by atoms with van der Waals surface area (Å²) in [5.41, 5.74) is 0.158.